The first-order chi connectivity index (χ1) is 15.5. The lowest BCUT2D eigenvalue weighted by atomic mass is 9.80. The van der Waals surface area contributed by atoms with E-state index in [0.29, 0.717) is 11.8 Å². The highest BCUT2D eigenvalue weighted by molar-refractivity contribution is 5.72. The molecule has 0 bridgehead atoms. The van der Waals surface area contributed by atoms with E-state index >= 15 is 0 Å². The van der Waals surface area contributed by atoms with Gasteiger partial charge in [-0.25, -0.2) is 0 Å². The average Bonchev–Trinajstić information content (AvgIpc) is 3.34. The predicted molar refractivity (Wildman–Crippen MR) is 142 cm³/mol. The Bertz CT molecular complexity index is 961. The second-order valence-corrected chi connectivity index (χ2v) is 10.4. The summed E-state index contributed by atoms with van der Waals surface area (Å²) >= 11 is 0. The molecule has 0 saturated heterocycles. The zero-order valence-corrected chi connectivity index (χ0v) is 21.3. The summed E-state index contributed by atoms with van der Waals surface area (Å²) < 4.78 is 0. The van der Waals surface area contributed by atoms with Crippen LogP contribution in [0.15, 0.2) is 35.4 Å². The van der Waals surface area contributed by atoms with Crippen molar-refractivity contribution in [1.82, 2.24) is 0 Å². The standard InChI is InChI=1S/C32H42/c1-7-9-11-25-19-29-21(3)13-15-23(5)31(29)27(25)17-18-28-26(12-10-8-2)20-30-22(4)14-16-24(6)32(28)30/h13-16,19-20,27-28H,7-12,17-18H2,1-6H3. The molecule has 0 saturated carbocycles. The van der Waals surface area contributed by atoms with Crippen LogP contribution >= 0.6 is 0 Å². The first-order valence-electron chi connectivity index (χ1n) is 13.1. The fourth-order valence-electron chi connectivity index (χ4n) is 6.21. The molecule has 0 spiro atoms. The van der Waals surface area contributed by atoms with Gasteiger partial charge in [-0.05, 0) is 111 Å². The topological polar surface area (TPSA) is 0 Å². The molecule has 0 nitrogen and oxygen atoms in total. The lowest BCUT2D eigenvalue weighted by molar-refractivity contribution is 0.576. The fraction of sp³-hybridized carbons (Fsp3) is 0.500. The summed E-state index contributed by atoms with van der Waals surface area (Å²) in [5.74, 6) is 1.22. The fourth-order valence-corrected chi connectivity index (χ4v) is 6.21. The molecule has 0 amide bonds. The molecule has 32 heavy (non-hydrogen) atoms. The molecular formula is C32H42. The van der Waals surface area contributed by atoms with Gasteiger partial charge < -0.3 is 0 Å². The predicted octanol–water partition coefficient (Wildman–Crippen LogP) is 9.74. The third-order valence-corrected chi connectivity index (χ3v) is 8.08. The molecule has 4 rings (SSSR count). The van der Waals surface area contributed by atoms with Crippen molar-refractivity contribution in [2.24, 2.45) is 0 Å². The third-order valence-electron chi connectivity index (χ3n) is 8.08. The molecule has 0 N–H and O–H groups in total. The molecule has 0 aromatic heterocycles. The number of hydrogen-bond acceptors (Lipinski definition) is 0. The smallest absolute Gasteiger partial charge is 0.00604 e. The van der Waals surface area contributed by atoms with E-state index in [1.54, 1.807) is 22.3 Å². The van der Waals surface area contributed by atoms with Crippen LogP contribution in [0.2, 0.25) is 0 Å². The molecule has 2 aromatic rings. The highest BCUT2D eigenvalue weighted by atomic mass is 14.4. The second-order valence-electron chi connectivity index (χ2n) is 10.4. The number of aryl methyl sites for hydroxylation is 4. The number of fused-ring (bicyclic) bond motifs is 2. The zero-order chi connectivity index (χ0) is 22.8. The summed E-state index contributed by atoms with van der Waals surface area (Å²) in [6.07, 6.45) is 15.3. The van der Waals surface area contributed by atoms with Gasteiger partial charge in [0.05, 0.1) is 0 Å². The van der Waals surface area contributed by atoms with E-state index in [9.17, 15) is 0 Å². The Hall–Kier alpha value is -2.08. The average molecular weight is 427 g/mol. The lowest BCUT2D eigenvalue weighted by Crippen LogP contribution is -2.08. The Morgan fingerprint density at radius 2 is 0.938 bits per heavy atom. The Labute approximate surface area is 196 Å². The van der Waals surface area contributed by atoms with Crippen LogP contribution in [0, 0.1) is 27.7 Å². The Morgan fingerprint density at radius 3 is 1.31 bits per heavy atom. The van der Waals surface area contributed by atoms with E-state index in [1.165, 1.54) is 84.7 Å². The second kappa shape index (κ2) is 9.82. The van der Waals surface area contributed by atoms with Gasteiger partial charge in [0.1, 0.15) is 0 Å². The van der Waals surface area contributed by atoms with Crippen molar-refractivity contribution in [1.29, 1.82) is 0 Å². The summed E-state index contributed by atoms with van der Waals surface area (Å²) in [6.45, 7) is 13.9. The van der Waals surface area contributed by atoms with Crippen molar-refractivity contribution in [3.63, 3.8) is 0 Å². The summed E-state index contributed by atoms with van der Waals surface area (Å²) in [7, 11) is 0. The van der Waals surface area contributed by atoms with Crippen LogP contribution in [0.5, 0.6) is 0 Å². The number of rotatable bonds is 9. The van der Waals surface area contributed by atoms with Gasteiger partial charge in [-0.1, -0.05) is 74.3 Å². The Kier molecular flexibility index (Phi) is 7.08. The minimum atomic E-state index is 0.609. The lowest BCUT2D eigenvalue weighted by Gasteiger charge is -2.24. The number of benzene rings is 2. The molecule has 0 heterocycles. The van der Waals surface area contributed by atoms with E-state index in [2.05, 4.69) is 78.0 Å². The maximum atomic E-state index is 2.56. The molecule has 2 aliphatic carbocycles. The first kappa shape index (κ1) is 23.1. The van der Waals surface area contributed by atoms with E-state index in [0.717, 1.165) is 0 Å². The van der Waals surface area contributed by atoms with Gasteiger partial charge in [-0.2, -0.15) is 0 Å². The SMILES string of the molecule is CCCCC1=Cc2c(C)ccc(C)c2C1CCC1C(CCCC)=Cc2c(C)ccc(C)c21. The first-order valence-corrected chi connectivity index (χ1v) is 13.1. The van der Waals surface area contributed by atoms with Gasteiger partial charge in [-0.3, -0.25) is 0 Å². The van der Waals surface area contributed by atoms with E-state index in [4.69, 9.17) is 0 Å². The van der Waals surface area contributed by atoms with Gasteiger partial charge in [-0.15, -0.1) is 0 Å². The van der Waals surface area contributed by atoms with Gasteiger partial charge in [0, 0.05) is 11.8 Å². The van der Waals surface area contributed by atoms with E-state index in [1.807, 2.05) is 0 Å². The molecule has 0 fully saturated rings. The number of unbranched alkanes of at least 4 members (excludes halogenated alkanes) is 2. The maximum Gasteiger partial charge on any atom is 0.00604 e. The van der Waals surface area contributed by atoms with Gasteiger partial charge in [0.25, 0.3) is 0 Å². The van der Waals surface area contributed by atoms with Gasteiger partial charge in [0.2, 0.25) is 0 Å². The van der Waals surface area contributed by atoms with Gasteiger partial charge >= 0.3 is 0 Å². The highest BCUT2D eigenvalue weighted by Crippen LogP contribution is 2.49. The zero-order valence-electron chi connectivity index (χ0n) is 21.3. The van der Waals surface area contributed by atoms with Crippen LogP contribution in [0.25, 0.3) is 12.2 Å². The summed E-state index contributed by atoms with van der Waals surface area (Å²) in [4.78, 5) is 0. The van der Waals surface area contributed by atoms with Crippen LogP contribution in [0.4, 0.5) is 0 Å². The van der Waals surface area contributed by atoms with Crippen LogP contribution in [-0.2, 0) is 0 Å². The highest BCUT2D eigenvalue weighted by Gasteiger charge is 2.32. The normalized spacial score (nSPS) is 19.1. The minimum absolute atomic E-state index is 0.609. The van der Waals surface area contributed by atoms with Crippen molar-refractivity contribution in [2.45, 2.75) is 105 Å². The molecule has 2 unspecified atom stereocenters. The molecule has 170 valence electrons. The van der Waals surface area contributed by atoms with E-state index in [-0.39, 0.29) is 0 Å². The monoisotopic (exact) mass is 426 g/mol. The largest absolute Gasteiger partial charge is 0.0654 e. The van der Waals surface area contributed by atoms with Crippen LogP contribution in [0.1, 0.15) is 122 Å². The summed E-state index contributed by atoms with van der Waals surface area (Å²) in [5.41, 5.74) is 15.6. The Balaban J connectivity index is 1.65. The van der Waals surface area contributed by atoms with Crippen molar-refractivity contribution in [3.8, 4) is 0 Å². The van der Waals surface area contributed by atoms with E-state index < -0.39 is 0 Å². The summed E-state index contributed by atoms with van der Waals surface area (Å²) in [6, 6.07) is 9.33. The molecule has 0 heteroatoms. The van der Waals surface area contributed by atoms with Crippen LogP contribution in [0.3, 0.4) is 0 Å². The number of hydrogen-bond donors (Lipinski definition) is 0. The minimum Gasteiger partial charge on any atom is -0.0654 e. The van der Waals surface area contributed by atoms with Gasteiger partial charge in [0.15, 0.2) is 0 Å². The molecule has 2 aliphatic rings. The van der Waals surface area contributed by atoms with Crippen molar-refractivity contribution >= 4 is 12.2 Å². The van der Waals surface area contributed by atoms with Crippen LogP contribution in [-0.4, -0.2) is 0 Å². The van der Waals surface area contributed by atoms with Crippen LogP contribution < -0.4 is 0 Å². The molecule has 0 radical (unpaired) electrons. The number of allylic oxidation sites excluding steroid dienone is 2. The van der Waals surface area contributed by atoms with Crippen molar-refractivity contribution in [3.05, 3.63) is 79.9 Å². The van der Waals surface area contributed by atoms with Crippen molar-refractivity contribution in [2.75, 3.05) is 0 Å². The summed E-state index contributed by atoms with van der Waals surface area (Å²) in [5, 5.41) is 0. The van der Waals surface area contributed by atoms with Crippen molar-refractivity contribution < 1.29 is 0 Å². The third kappa shape index (κ3) is 4.26. The Morgan fingerprint density at radius 1 is 0.562 bits per heavy atom. The molecule has 2 aromatic carbocycles. The maximum absolute atomic E-state index is 2.56. The molecular weight excluding hydrogens is 384 g/mol. The molecule has 2 atom stereocenters. The quantitative estimate of drug-likeness (QED) is 0.374. The molecule has 0 aliphatic heterocycles.